The van der Waals surface area contributed by atoms with E-state index in [2.05, 4.69) is 5.32 Å². The van der Waals surface area contributed by atoms with E-state index in [4.69, 9.17) is 16.6 Å². The van der Waals surface area contributed by atoms with Crippen LogP contribution in [-0.2, 0) is 4.79 Å². The van der Waals surface area contributed by atoms with Gasteiger partial charge in [0.15, 0.2) is 0 Å². The van der Waals surface area contributed by atoms with Crippen molar-refractivity contribution >= 4 is 23.4 Å². The standard InChI is InChI=1S/C11H15N3O2S/c12-7(4-15)11(13)6-1-2-9-8(3-6)14-10(16)5-17-9/h1-3,7,11,15H,4-5,12-13H2,(H,14,16). The van der Waals surface area contributed by atoms with Crippen LogP contribution in [-0.4, -0.2) is 29.4 Å². The number of carbonyl (C=O) groups excluding carboxylic acids is 1. The number of fused-ring (bicyclic) bond motifs is 1. The molecule has 0 aromatic heterocycles. The average molecular weight is 253 g/mol. The minimum atomic E-state index is -0.500. The van der Waals surface area contributed by atoms with E-state index >= 15 is 0 Å². The van der Waals surface area contributed by atoms with E-state index in [1.165, 1.54) is 11.8 Å². The molecule has 0 spiro atoms. The molecule has 1 aromatic rings. The maximum atomic E-state index is 11.3. The first-order valence-electron chi connectivity index (χ1n) is 5.30. The Morgan fingerprint density at radius 3 is 2.94 bits per heavy atom. The summed E-state index contributed by atoms with van der Waals surface area (Å²) in [7, 11) is 0. The number of carbonyl (C=O) groups is 1. The zero-order valence-corrected chi connectivity index (χ0v) is 10.0. The second kappa shape index (κ2) is 5.05. The molecule has 2 atom stereocenters. The van der Waals surface area contributed by atoms with Crippen molar-refractivity contribution in [1.82, 2.24) is 0 Å². The lowest BCUT2D eigenvalue weighted by atomic mass is 10.0. The third-order valence-electron chi connectivity index (χ3n) is 2.69. The molecule has 0 fully saturated rings. The van der Waals surface area contributed by atoms with Crippen molar-refractivity contribution in [3.8, 4) is 0 Å². The van der Waals surface area contributed by atoms with Crippen molar-refractivity contribution in [2.24, 2.45) is 11.5 Å². The van der Waals surface area contributed by atoms with Crippen LogP contribution in [0.4, 0.5) is 5.69 Å². The van der Waals surface area contributed by atoms with Gasteiger partial charge in [0.05, 0.1) is 18.0 Å². The van der Waals surface area contributed by atoms with Crippen LogP contribution in [0.2, 0.25) is 0 Å². The average Bonchev–Trinajstić information content (AvgIpc) is 2.36. The number of anilines is 1. The summed E-state index contributed by atoms with van der Waals surface area (Å²) in [4.78, 5) is 12.3. The van der Waals surface area contributed by atoms with Crippen molar-refractivity contribution in [3.63, 3.8) is 0 Å². The highest BCUT2D eigenvalue weighted by Gasteiger charge is 2.19. The summed E-state index contributed by atoms with van der Waals surface area (Å²) in [5.74, 6) is 0.425. The number of thioether (sulfide) groups is 1. The molecule has 17 heavy (non-hydrogen) atoms. The third kappa shape index (κ3) is 2.61. The van der Waals surface area contributed by atoms with Crippen LogP contribution >= 0.6 is 11.8 Å². The van der Waals surface area contributed by atoms with Crippen LogP contribution in [0.25, 0.3) is 0 Å². The molecule has 0 saturated carbocycles. The Morgan fingerprint density at radius 2 is 2.24 bits per heavy atom. The molecule has 0 saturated heterocycles. The van der Waals surface area contributed by atoms with Gasteiger partial charge in [0.1, 0.15) is 0 Å². The van der Waals surface area contributed by atoms with E-state index in [0.29, 0.717) is 5.75 Å². The molecule has 1 aliphatic heterocycles. The fraction of sp³-hybridized carbons (Fsp3) is 0.364. The highest BCUT2D eigenvalue weighted by molar-refractivity contribution is 8.00. The van der Waals surface area contributed by atoms with Gasteiger partial charge in [0.2, 0.25) is 5.91 Å². The fourth-order valence-corrected chi connectivity index (χ4v) is 2.46. The van der Waals surface area contributed by atoms with Gasteiger partial charge in [-0.15, -0.1) is 11.8 Å². The van der Waals surface area contributed by atoms with Gasteiger partial charge in [-0.3, -0.25) is 4.79 Å². The fourth-order valence-electron chi connectivity index (χ4n) is 1.67. The lowest BCUT2D eigenvalue weighted by Gasteiger charge is -2.21. The number of hydrogen-bond donors (Lipinski definition) is 4. The first-order chi connectivity index (χ1) is 8.11. The van der Waals surface area contributed by atoms with Crippen molar-refractivity contribution in [1.29, 1.82) is 0 Å². The molecule has 1 heterocycles. The van der Waals surface area contributed by atoms with Gasteiger partial charge in [-0.05, 0) is 17.7 Å². The molecular weight excluding hydrogens is 238 g/mol. The molecular formula is C11H15N3O2S. The van der Waals surface area contributed by atoms with Gasteiger partial charge < -0.3 is 21.9 Å². The molecule has 1 amide bonds. The number of nitrogens with one attached hydrogen (secondary N) is 1. The van der Waals surface area contributed by atoms with E-state index in [-0.39, 0.29) is 12.5 Å². The molecule has 6 heteroatoms. The van der Waals surface area contributed by atoms with Crippen molar-refractivity contribution in [2.75, 3.05) is 17.7 Å². The summed E-state index contributed by atoms with van der Waals surface area (Å²) in [6, 6.07) is 4.68. The highest BCUT2D eigenvalue weighted by Crippen LogP contribution is 2.33. The number of hydrogen-bond acceptors (Lipinski definition) is 5. The van der Waals surface area contributed by atoms with Crippen molar-refractivity contribution < 1.29 is 9.90 Å². The van der Waals surface area contributed by atoms with Crippen molar-refractivity contribution in [2.45, 2.75) is 17.0 Å². The second-order valence-corrected chi connectivity index (χ2v) is 4.98. The minimum Gasteiger partial charge on any atom is -0.395 e. The predicted molar refractivity (Wildman–Crippen MR) is 67.8 cm³/mol. The van der Waals surface area contributed by atoms with E-state index in [9.17, 15) is 4.79 Å². The monoisotopic (exact) mass is 253 g/mol. The number of nitrogens with two attached hydrogens (primary N) is 2. The quantitative estimate of drug-likeness (QED) is 0.610. The Kier molecular flexibility index (Phi) is 3.68. The van der Waals surface area contributed by atoms with Gasteiger partial charge in [0.25, 0.3) is 0 Å². The van der Waals surface area contributed by atoms with Crippen LogP contribution in [0.3, 0.4) is 0 Å². The number of aliphatic hydroxyl groups is 1. The van der Waals surface area contributed by atoms with Gasteiger partial charge in [0, 0.05) is 17.0 Å². The third-order valence-corrected chi connectivity index (χ3v) is 3.77. The molecule has 1 aliphatic rings. The largest absolute Gasteiger partial charge is 0.395 e. The molecule has 6 N–H and O–H groups in total. The lowest BCUT2D eigenvalue weighted by molar-refractivity contribution is -0.113. The Morgan fingerprint density at radius 1 is 1.47 bits per heavy atom. The second-order valence-electron chi connectivity index (χ2n) is 3.96. The van der Waals surface area contributed by atoms with E-state index < -0.39 is 12.1 Å². The van der Waals surface area contributed by atoms with E-state index in [1.54, 1.807) is 0 Å². The number of aliphatic hydroxyl groups excluding tert-OH is 1. The Balaban J connectivity index is 2.26. The maximum absolute atomic E-state index is 11.3. The summed E-state index contributed by atoms with van der Waals surface area (Å²) in [6.07, 6.45) is 0. The molecule has 0 bridgehead atoms. The molecule has 2 rings (SSSR count). The zero-order chi connectivity index (χ0) is 12.4. The van der Waals surface area contributed by atoms with Gasteiger partial charge >= 0.3 is 0 Å². The Labute approximate surface area is 104 Å². The first-order valence-corrected chi connectivity index (χ1v) is 6.29. The summed E-state index contributed by atoms with van der Waals surface area (Å²) >= 11 is 1.50. The van der Waals surface area contributed by atoms with E-state index in [0.717, 1.165) is 16.1 Å². The van der Waals surface area contributed by atoms with Gasteiger partial charge in [-0.1, -0.05) is 6.07 Å². The smallest absolute Gasteiger partial charge is 0.234 e. The molecule has 2 unspecified atom stereocenters. The predicted octanol–water partition coefficient (Wildman–Crippen LogP) is 0.0502. The summed E-state index contributed by atoms with van der Waals surface area (Å²) < 4.78 is 0. The summed E-state index contributed by atoms with van der Waals surface area (Å²) in [6.45, 7) is -0.167. The molecule has 5 nitrogen and oxygen atoms in total. The summed E-state index contributed by atoms with van der Waals surface area (Å²) in [5.41, 5.74) is 13.2. The highest BCUT2D eigenvalue weighted by atomic mass is 32.2. The topological polar surface area (TPSA) is 101 Å². The van der Waals surface area contributed by atoms with E-state index in [1.807, 2.05) is 18.2 Å². The maximum Gasteiger partial charge on any atom is 0.234 e. The normalized spacial score (nSPS) is 18.2. The number of rotatable bonds is 3. The van der Waals surface area contributed by atoms with Crippen LogP contribution in [0.5, 0.6) is 0 Å². The summed E-state index contributed by atoms with van der Waals surface area (Å²) in [5, 5.41) is 11.8. The van der Waals surface area contributed by atoms with Crippen LogP contribution in [0, 0.1) is 0 Å². The van der Waals surface area contributed by atoms with Crippen molar-refractivity contribution in [3.05, 3.63) is 23.8 Å². The molecule has 92 valence electrons. The SMILES string of the molecule is NC(CO)C(N)c1ccc2c(c1)NC(=O)CS2. The Hall–Kier alpha value is -1.08. The molecule has 1 aromatic carbocycles. The number of amides is 1. The Bertz CT molecular complexity index is 439. The molecule has 0 aliphatic carbocycles. The lowest BCUT2D eigenvalue weighted by Crippen LogP contribution is -2.37. The van der Waals surface area contributed by atoms with Gasteiger partial charge in [-0.25, -0.2) is 0 Å². The van der Waals surface area contributed by atoms with Gasteiger partial charge in [-0.2, -0.15) is 0 Å². The van der Waals surface area contributed by atoms with Crippen LogP contribution in [0.15, 0.2) is 23.1 Å². The first kappa shape index (κ1) is 12.4. The number of benzene rings is 1. The minimum absolute atomic E-state index is 0.0142. The van der Waals surface area contributed by atoms with Crippen LogP contribution < -0.4 is 16.8 Å². The van der Waals surface area contributed by atoms with Crippen LogP contribution in [0.1, 0.15) is 11.6 Å². The molecule has 0 radical (unpaired) electrons. The zero-order valence-electron chi connectivity index (χ0n) is 9.22.